The average Bonchev–Trinajstić information content (AvgIpc) is 3.03. The Morgan fingerprint density at radius 2 is 1.82 bits per heavy atom. The van der Waals surface area contributed by atoms with E-state index in [-0.39, 0.29) is 5.69 Å². The van der Waals surface area contributed by atoms with Crippen molar-refractivity contribution in [2.24, 2.45) is 0 Å². The lowest BCUT2D eigenvalue weighted by molar-refractivity contribution is -0.384. The highest BCUT2D eigenvalue weighted by atomic mass is 32.2. The van der Waals surface area contributed by atoms with E-state index in [0.29, 0.717) is 5.75 Å². The van der Waals surface area contributed by atoms with Crippen molar-refractivity contribution in [2.45, 2.75) is 10.6 Å². The maximum absolute atomic E-state index is 10.6. The Labute approximate surface area is 131 Å². The number of nitro benzene ring substituents is 1. The number of hydrogen-bond acceptors (Lipinski definition) is 5. The molecular formula is C16H12N2O3S. The molecule has 0 fully saturated rings. The number of rotatable bonds is 5. The van der Waals surface area contributed by atoms with Crippen molar-refractivity contribution in [3.8, 4) is 11.3 Å². The van der Waals surface area contributed by atoms with Crippen molar-refractivity contribution in [3.05, 3.63) is 76.5 Å². The van der Waals surface area contributed by atoms with Gasteiger partial charge in [0.2, 0.25) is 0 Å². The highest BCUT2D eigenvalue weighted by molar-refractivity contribution is 7.98. The summed E-state index contributed by atoms with van der Waals surface area (Å²) in [6, 6.07) is 18.2. The van der Waals surface area contributed by atoms with Crippen molar-refractivity contribution in [1.82, 2.24) is 5.16 Å². The molecule has 22 heavy (non-hydrogen) atoms. The van der Waals surface area contributed by atoms with E-state index in [2.05, 4.69) is 5.16 Å². The van der Waals surface area contributed by atoms with Gasteiger partial charge in [0.25, 0.3) is 5.69 Å². The predicted octanol–water partition coefficient (Wildman–Crippen LogP) is 4.54. The molecule has 0 bridgehead atoms. The lowest BCUT2D eigenvalue weighted by Gasteiger charge is -1.98. The molecule has 0 amide bonds. The zero-order valence-electron chi connectivity index (χ0n) is 11.5. The van der Waals surface area contributed by atoms with Gasteiger partial charge in [-0.15, -0.1) is 11.8 Å². The van der Waals surface area contributed by atoms with Gasteiger partial charge in [-0.05, 0) is 12.1 Å². The minimum atomic E-state index is -0.406. The van der Waals surface area contributed by atoms with E-state index in [9.17, 15) is 10.1 Å². The Bertz CT molecular complexity index is 770. The molecule has 3 aromatic rings. The fraction of sp³-hybridized carbons (Fsp3) is 0.0625. The van der Waals surface area contributed by atoms with Crippen LogP contribution >= 0.6 is 11.8 Å². The number of thioether (sulfide) groups is 1. The second-order valence-electron chi connectivity index (χ2n) is 4.58. The zero-order chi connectivity index (χ0) is 15.4. The lowest BCUT2D eigenvalue weighted by atomic mass is 10.1. The van der Waals surface area contributed by atoms with Gasteiger partial charge in [-0.3, -0.25) is 10.1 Å². The fourth-order valence-electron chi connectivity index (χ4n) is 1.94. The molecule has 0 aliphatic rings. The lowest BCUT2D eigenvalue weighted by Crippen LogP contribution is -1.86. The Balaban J connectivity index is 1.65. The Morgan fingerprint density at radius 3 is 2.50 bits per heavy atom. The van der Waals surface area contributed by atoms with Crippen molar-refractivity contribution in [1.29, 1.82) is 0 Å². The SMILES string of the molecule is O=[N+]([O-])c1ccc(SCc2cc(-c3ccccc3)no2)cc1. The van der Waals surface area contributed by atoms with Gasteiger partial charge in [-0.2, -0.15) is 0 Å². The molecule has 5 nitrogen and oxygen atoms in total. The standard InChI is InChI=1S/C16H12N2O3S/c19-18(20)13-6-8-15(9-7-13)22-11-14-10-16(17-21-14)12-4-2-1-3-5-12/h1-10H,11H2. The van der Waals surface area contributed by atoms with Crippen LogP contribution in [0.5, 0.6) is 0 Å². The number of nitro groups is 1. The first-order valence-electron chi connectivity index (χ1n) is 6.60. The largest absolute Gasteiger partial charge is 0.360 e. The molecule has 0 spiro atoms. The first-order chi connectivity index (χ1) is 10.7. The van der Waals surface area contributed by atoms with Crippen LogP contribution < -0.4 is 0 Å². The minimum Gasteiger partial charge on any atom is -0.360 e. The van der Waals surface area contributed by atoms with Gasteiger partial charge in [-0.25, -0.2) is 0 Å². The van der Waals surface area contributed by atoms with Gasteiger partial charge in [-0.1, -0.05) is 35.5 Å². The summed E-state index contributed by atoms with van der Waals surface area (Å²) in [5.74, 6) is 1.39. The third-order valence-electron chi connectivity index (χ3n) is 3.06. The second-order valence-corrected chi connectivity index (χ2v) is 5.63. The molecule has 0 aliphatic carbocycles. The van der Waals surface area contributed by atoms with E-state index >= 15 is 0 Å². The van der Waals surface area contributed by atoms with E-state index in [1.54, 1.807) is 23.9 Å². The third kappa shape index (κ3) is 3.35. The molecule has 1 heterocycles. The van der Waals surface area contributed by atoms with Crippen LogP contribution in [0.2, 0.25) is 0 Å². The summed E-state index contributed by atoms with van der Waals surface area (Å²) in [6.07, 6.45) is 0. The van der Waals surface area contributed by atoms with E-state index < -0.39 is 4.92 Å². The summed E-state index contributed by atoms with van der Waals surface area (Å²) in [7, 11) is 0. The van der Waals surface area contributed by atoms with Crippen LogP contribution in [0, 0.1) is 10.1 Å². The van der Waals surface area contributed by atoms with Gasteiger partial charge < -0.3 is 4.52 Å². The topological polar surface area (TPSA) is 69.2 Å². The highest BCUT2D eigenvalue weighted by Crippen LogP contribution is 2.27. The van der Waals surface area contributed by atoms with Crippen molar-refractivity contribution in [3.63, 3.8) is 0 Å². The number of benzene rings is 2. The van der Waals surface area contributed by atoms with Crippen LogP contribution in [0.1, 0.15) is 5.76 Å². The molecule has 6 heteroatoms. The second kappa shape index (κ2) is 6.44. The zero-order valence-corrected chi connectivity index (χ0v) is 12.3. The van der Waals surface area contributed by atoms with Crippen LogP contribution in [-0.2, 0) is 5.75 Å². The predicted molar refractivity (Wildman–Crippen MR) is 84.6 cm³/mol. The summed E-state index contributed by atoms with van der Waals surface area (Å²) in [4.78, 5) is 11.1. The van der Waals surface area contributed by atoms with E-state index in [1.807, 2.05) is 36.4 Å². The quantitative estimate of drug-likeness (QED) is 0.393. The molecule has 2 aromatic carbocycles. The first kappa shape index (κ1) is 14.3. The van der Waals surface area contributed by atoms with E-state index in [4.69, 9.17) is 4.52 Å². The summed E-state index contributed by atoms with van der Waals surface area (Å²) in [5, 5.41) is 14.7. The molecule has 0 N–H and O–H groups in total. The van der Waals surface area contributed by atoms with Gasteiger partial charge in [0, 0.05) is 28.7 Å². The number of hydrogen-bond donors (Lipinski definition) is 0. The molecule has 0 saturated carbocycles. The summed E-state index contributed by atoms with van der Waals surface area (Å²) < 4.78 is 5.32. The molecule has 0 unspecified atom stereocenters. The van der Waals surface area contributed by atoms with Crippen LogP contribution in [0.4, 0.5) is 5.69 Å². The molecule has 1 aromatic heterocycles. The Hall–Kier alpha value is -2.60. The van der Waals surface area contributed by atoms with Gasteiger partial charge in [0.05, 0.1) is 10.7 Å². The molecular weight excluding hydrogens is 300 g/mol. The van der Waals surface area contributed by atoms with Crippen molar-refractivity contribution < 1.29 is 9.45 Å². The smallest absolute Gasteiger partial charge is 0.269 e. The van der Waals surface area contributed by atoms with E-state index in [0.717, 1.165) is 21.9 Å². The van der Waals surface area contributed by atoms with Gasteiger partial charge in [0.15, 0.2) is 0 Å². The highest BCUT2D eigenvalue weighted by Gasteiger charge is 2.08. The number of non-ortho nitro benzene ring substituents is 1. The average molecular weight is 312 g/mol. The molecule has 0 aliphatic heterocycles. The Kier molecular flexibility index (Phi) is 4.20. The minimum absolute atomic E-state index is 0.0929. The van der Waals surface area contributed by atoms with E-state index in [1.165, 1.54) is 12.1 Å². The summed E-state index contributed by atoms with van der Waals surface area (Å²) in [5.41, 5.74) is 1.91. The third-order valence-corrected chi connectivity index (χ3v) is 4.09. The molecule has 3 rings (SSSR count). The monoisotopic (exact) mass is 312 g/mol. The van der Waals surface area contributed by atoms with Crippen LogP contribution in [0.25, 0.3) is 11.3 Å². The fourth-order valence-corrected chi connectivity index (χ4v) is 2.72. The van der Waals surface area contributed by atoms with Crippen molar-refractivity contribution >= 4 is 17.4 Å². The number of nitrogens with zero attached hydrogens (tertiary/aromatic N) is 2. The van der Waals surface area contributed by atoms with Gasteiger partial charge >= 0.3 is 0 Å². The summed E-state index contributed by atoms with van der Waals surface area (Å²) in [6.45, 7) is 0. The van der Waals surface area contributed by atoms with Crippen LogP contribution in [0.15, 0.2) is 70.1 Å². The van der Waals surface area contributed by atoms with Crippen LogP contribution in [0.3, 0.4) is 0 Å². The number of aromatic nitrogens is 1. The van der Waals surface area contributed by atoms with Crippen LogP contribution in [-0.4, -0.2) is 10.1 Å². The molecule has 110 valence electrons. The van der Waals surface area contributed by atoms with Gasteiger partial charge in [0.1, 0.15) is 11.5 Å². The molecule has 0 saturated heterocycles. The van der Waals surface area contributed by atoms with Crippen molar-refractivity contribution in [2.75, 3.05) is 0 Å². The summed E-state index contributed by atoms with van der Waals surface area (Å²) >= 11 is 1.55. The first-order valence-corrected chi connectivity index (χ1v) is 7.59. The Morgan fingerprint density at radius 1 is 1.09 bits per heavy atom. The molecule has 0 atom stereocenters. The normalized spacial score (nSPS) is 10.5. The molecule has 0 radical (unpaired) electrons. The maximum Gasteiger partial charge on any atom is 0.269 e. The maximum atomic E-state index is 10.6.